The Bertz CT molecular complexity index is 998. The van der Waals surface area contributed by atoms with Gasteiger partial charge in [0.2, 0.25) is 5.75 Å². The van der Waals surface area contributed by atoms with Gasteiger partial charge >= 0.3 is 11.9 Å². The van der Waals surface area contributed by atoms with Gasteiger partial charge in [-0.15, -0.1) is 0 Å². The number of rotatable bonds is 7. The minimum absolute atomic E-state index is 0.130. The van der Waals surface area contributed by atoms with Crippen LogP contribution in [0.25, 0.3) is 0 Å². The average Bonchev–Trinajstić information content (AvgIpc) is 2.87. The number of nitrogens with one attached hydrogen (secondary N) is 1. The number of pyridine rings is 1. The fraction of sp³-hybridized carbons (Fsp3) is 0.417. The molecule has 0 bridgehead atoms. The predicted molar refractivity (Wildman–Crippen MR) is 120 cm³/mol. The van der Waals surface area contributed by atoms with Crippen LogP contribution in [0.3, 0.4) is 0 Å². The smallest absolute Gasteiger partial charge is 0.329 e. The second-order valence-electron chi connectivity index (χ2n) is 7.70. The van der Waals surface area contributed by atoms with Crippen LogP contribution in [0.15, 0.2) is 42.6 Å². The molecule has 0 unspecified atom stereocenters. The van der Waals surface area contributed by atoms with Gasteiger partial charge in [-0.1, -0.05) is 18.2 Å². The van der Waals surface area contributed by atoms with E-state index in [9.17, 15) is 14.4 Å². The fourth-order valence-electron chi connectivity index (χ4n) is 3.41. The van der Waals surface area contributed by atoms with Crippen LogP contribution in [0.4, 0.5) is 0 Å². The number of hydrogen-bond donors (Lipinski definition) is 1. The Kier molecular flexibility index (Phi) is 8.80. The molecule has 1 aromatic heterocycles. The first-order valence-corrected chi connectivity index (χ1v) is 10.9. The van der Waals surface area contributed by atoms with Crippen molar-refractivity contribution in [1.82, 2.24) is 10.3 Å². The van der Waals surface area contributed by atoms with Crippen molar-refractivity contribution in [2.75, 3.05) is 20.3 Å². The molecule has 1 N–H and O–H groups in total. The Balaban J connectivity index is 1.67. The fourth-order valence-corrected chi connectivity index (χ4v) is 3.41. The average molecular weight is 472 g/mol. The summed E-state index contributed by atoms with van der Waals surface area (Å²) in [7, 11) is 1.37. The summed E-state index contributed by atoms with van der Waals surface area (Å²) in [6, 6.07) is 9.82. The van der Waals surface area contributed by atoms with Crippen molar-refractivity contribution < 1.29 is 38.1 Å². The van der Waals surface area contributed by atoms with Crippen LogP contribution in [-0.4, -0.2) is 61.4 Å². The monoisotopic (exact) mass is 472 g/mol. The van der Waals surface area contributed by atoms with E-state index in [4.69, 9.17) is 23.7 Å². The summed E-state index contributed by atoms with van der Waals surface area (Å²) < 4.78 is 27.5. The molecule has 1 amide bonds. The minimum Gasteiger partial charge on any atom is -0.493 e. The number of para-hydroxylation sites is 1. The number of ether oxygens (including phenoxy) is 5. The number of nitrogens with zero attached hydrogens (tertiary/aromatic N) is 1. The van der Waals surface area contributed by atoms with E-state index in [1.807, 2.05) is 30.3 Å². The Morgan fingerprint density at radius 1 is 1.21 bits per heavy atom. The molecule has 1 saturated heterocycles. The van der Waals surface area contributed by atoms with Crippen molar-refractivity contribution in [2.45, 2.75) is 44.9 Å². The first-order valence-electron chi connectivity index (χ1n) is 10.9. The summed E-state index contributed by atoms with van der Waals surface area (Å²) in [6.45, 7) is 3.43. The number of amides is 1. The molecule has 3 rings (SSSR count). The number of benzene rings is 1. The third kappa shape index (κ3) is 6.92. The number of carbonyl (C=O) groups excluding carboxylic acids is 3. The van der Waals surface area contributed by atoms with Gasteiger partial charge in [-0.25, -0.2) is 9.78 Å². The van der Waals surface area contributed by atoms with Crippen LogP contribution in [0.1, 0.15) is 37.2 Å². The zero-order chi connectivity index (χ0) is 24.5. The van der Waals surface area contributed by atoms with E-state index in [0.717, 1.165) is 5.75 Å². The molecule has 182 valence electrons. The second kappa shape index (κ2) is 12.0. The largest absolute Gasteiger partial charge is 0.493 e. The van der Waals surface area contributed by atoms with Crippen molar-refractivity contribution in [3.05, 3.63) is 48.3 Å². The van der Waals surface area contributed by atoms with Gasteiger partial charge in [0.05, 0.1) is 13.2 Å². The van der Waals surface area contributed by atoms with Gasteiger partial charge in [-0.2, -0.15) is 0 Å². The molecular weight excluding hydrogens is 444 g/mol. The summed E-state index contributed by atoms with van der Waals surface area (Å²) in [6.07, 6.45) is 1.19. The van der Waals surface area contributed by atoms with Crippen LogP contribution in [0.5, 0.6) is 17.2 Å². The first-order chi connectivity index (χ1) is 16.4. The van der Waals surface area contributed by atoms with Crippen LogP contribution in [0.2, 0.25) is 0 Å². The number of carbonyl (C=O) groups is 3. The zero-order valence-electron chi connectivity index (χ0n) is 19.3. The maximum Gasteiger partial charge on any atom is 0.329 e. The molecule has 0 saturated carbocycles. The summed E-state index contributed by atoms with van der Waals surface area (Å²) >= 11 is 0. The predicted octanol–water partition coefficient (Wildman–Crippen LogP) is 2.30. The SMILES string of the molecule is COc1ccnc(C(=O)N[C@H]2CCO[C@H](COc3ccccc3)C[C@H](C)OC2=O)c1OC(C)=O. The number of cyclic esters (lactones) is 1. The number of esters is 2. The number of hydrogen-bond acceptors (Lipinski definition) is 9. The van der Waals surface area contributed by atoms with Gasteiger partial charge in [-0.3, -0.25) is 9.59 Å². The topological polar surface area (TPSA) is 122 Å². The maximum atomic E-state index is 12.9. The molecule has 10 heteroatoms. The molecule has 0 radical (unpaired) electrons. The van der Waals surface area contributed by atoms with Crippen LogP contribution >= 0.6 is 0 Å². The second-order valence-corrected chi connectivity index (χ2v) is 7.70. The molecule has 1 fully saturated rings. The third-order valence-corrected chi connectivity index (χ3v) is 4.99. The Labute approximate surface area is 197 Å². The van der Waals surface area contributed by atoms with Gasteiger partial charge in [0.15, 0.2) is 11.4 Å². The normalized spacial score (nSPS) is 20.7. The lowest BCUT2D eigenvalue weighted by molar-refractivity contribution is -0.151. The minimum atomic E-state index is -0.984. The molecule has 0 spiro atoms. The van der Waals surface area contributed by atoms with Gasteiger partial charge in [0, 0.05) is 38.6 Å². The van der Waals surface area contributed by atoms with Crippen molar-refractivity contribution in [2.24, 2.45) is 0 Å². The zero-order valence-corrected chi connectivity index (χ0v) is 19.3. The van der Waals surface area contributed by atoms with Gasteiger partial charge in [0.1, 0.15) is 24.5 Å². The van der Waals surface area contributed by atoms with Crippen molar-refractivity contribution >= 4 is 17.8 Å². The molecule has 0 aliphatic carbocycles. The molecule has 34 heavy (non-hydrogen) atoms. The van der Waals surface area contributed by atoms with E-state index >= 15 is 0 Å². The number of aromatic nitrogens is 1. The molecule has 2 aromatic rings. The highest BCUT2D eigenvalue weighted by Gasteiger charge is 2.30. The molecule has 2 heterocycles. The highest BCUT2D eigenvalue weighted by Crippen LogP contribution is 2.29. The van der Waals surface area contributed by atoms with E-state index < -0.39 is 30.0 Å². The third-order valence-electron chi connectivity index (χ3n) is 4.99. The van der Waals surface area contributed by atoms with Crippen LogP contribution in [0, 0.1) is 0 Å². The molecule has 1 aliphatic heterocycles. The van der Waals surface area contributed by atoms with Crippen molar-refractivity contribution in [1.29, 1.82) is 0 Å². The summed E-state index contributed by atoms with van der Waals surface area (Å²) in [5.74, 6) is -1.21. The van der Waals surface area contributed by atoms with Crippen LogP contribution in [-0.2, 0) is 19.1 Å². The molecule has 1 aliphatic rings. The van der Waals surface area contributed by atoms with E-state index in [-0.39, 0.29) is 36.3 Å². The highest BCUT2D eigenvalue weighted by atomic mass is 16.6. The lowest BCUT2D eigenvalue weighted by Gasteiger charge is -2.20. The lowest BCUT2D eigenvalue weighted by Crippen LogP contribution is -2.43. The number of methoxy groups -OCH3 is 1. The lowest BCUT2D eigenvalue weighted by atomic mass is 10.2. The van der Waals surface area contributed by atoms with Gasteiger partial charge in [0.25, 0.3) is 5.91 Å². The van der Waals surface area contributed by atoms with Crippen LogP contribution < -0.4 is 19.5 Å². The molecule has 3 atom stereocenters. The molecule has 10 nitrogen and oxygen atoms in total. The maximum absolute atomic E-state index is 12.9. The van der Waals surface area contributed by atoms with Gasteiger partial charge in [-0.05, 0) is 19.1 Å². The Hall–Kier alpha value is -3.66. The summed E-state index contributed by atoms with van der Waals surface area (Å²) in [5, 5.41) is 2.60. The van der Waals surface area contributed by atoms with Crippen molar-refractivity contribution in [3.8, 4) is 17.2 Å². The molecule has 1 aromatic carbocycles. The van der Waals surface area contributed by atoms with E-state index in [1.54, 1.807) is 6.92 Å². The van der Waals surface area contributed by atoms with E-state index in [1.165, 1.54) is 26.3 Å². The van der Waals surface area contributed by atoms with E-state index in [2.05, 4.69) is 10.3 Å². The molecular formula is C24H28N2O8. The van der Waals surface area contributed by atoms with Crippen molar-refractivity contribution in [3.63, 3.8) is 0 Å². The standard InChI is InChI=1S/C24H28N2O8/c1-15-13-18(14-32-17-7-5-4-6-8-17)31-12-10-19(24(29)33-15)26-23(28)21-22(34-16(2)27)20(30-3)9-11-25-21/h4-9,11,15,18-19H,10,12-14H2,1-3H3,(H,26,28)/t15-,18-,19-/m0/s1. The summed E-state index contributed by atoms with van der Waals surface area (Å²) in [5.41, 5.74) is -0.190. The first kappa shape index (κ1) is 25.0. The quantitative estimate of drug-likeness (QED) is 0.605. The van der Waals surface area contributed by atoms with Gasteiger partial charge < -0.3 is 29.0 Å². The van der Waals surface area contributed by atoms with E-state index in [0.29, 0.717) is 13.0 Å². The highest BCUT2D eigenvalue weighted by molar-refractivity contribution is 5.98. The summed E-state index contributed by atoms with van der Waals surface area (Å²) in [4.78, 5) is 41.1. The Morgan fingerprint density at radius 2 is 1.97 bits per heavy atom. The Morgan fingerprint density at radius 3 is 2.68 bits per heavy atom.